The molecule has 0 spiro atoms. The SMILES string of the molecule is CN=C(NCc1cccc(OC)c1)NCC(C)N(C)C1CC1. The van der Waals surface area contributed by atoms with Gasteiger partial charge in [0.15, 0.2) is 5.96 Å². The molecule has 1 saturated carbocycles. The van der Waals surface area contributed by atoms with Crippen LogP contribution in [-0.2, 0) is 6.54 Å². The Balaban J connectivity index is 1.76. The summed E-state index contributed by atoms with van der Waals surface area (Å²) in [6, 6.07) is 9.34. The van der Waals surface area contributed by atoms with Crippen molar-refractivity contribution < 1.29 is 4.74 Å². The summed E-state index contributed by atoms with van der Waals surface area (Å²) in [5.74, 6) is 1.71. The molecule has 1 fully saturated rings. The lowest BCUT2D eigenvalue weighted by Crippen LogP contribution is -2.45. The standard InChI is InChI=1S/C17H28N4O/c1-13(21(3)15-8-9-15)11-19-17(18-2)20-12-14-6-5-7-16(10-14)22-4/h5-7,10,13,15H,8-9,11-12H2,1-4H3,(H2,18,19,20). The number of hydrogen-bond donors (Lipinski definition) is 2. The van der Waals surface area contributed by atoms with Crippen molar-refractivity contribution >= 4 is 5.96 Å². The number of benzene rings is 1. The summed E-state index contributed by atoms with van der Waals surface area (Å²) in [7, 11) is 5.69. The molecule has 0 saturated heterocycles. The van der Waals surface area contributed by atoms with E-state index in [0.717, 1.165) is 30.8 Å². The van der Waals surface area contributed by atoms with E-state index in [1.165, 1.54) is 18.4 Å². The maximum Gasteiger partial charge on any atom is 0.191 e. The molecule has 1 aromatic rings. The first-order valence-electron chi connectivity index (χ1n) is 7.93. The van der Waals surface area contributed by atoms with E-state index in [2.05, 4.69) is 40.6 Å². The summed E-state index contributed by atoms with van der Waals surface area (Å²) < 4.78 is 5.24. The Hall–Kier alpha value is -1.75. The zero-order valence-electron chi connectivity index (χ0n) is 14.1. The summed E-state index contributed by atoms with van der Waals surface area (Å²) in [6.07, 6.45) is 2.67. The largest absolute Gasteiger partial charge is 0.497 e. The molecule has 0 bridgehead atoms. The topological polar surface area (TPSA) is 48.9 Å². The maximum absolute atomic E-state index is 5.24. The van der Waals surface area contributed by atoms with E-state index in [1.807, 2.05) is 18.2 Å². The second-order valence-electron chi connectivity index (χ2n) is 5.90. The first-order chi connectivity index (χ1) is 10.6. The van der Waals surface area contributed by atoms with E-state index in [9.17, 15) is 0 Å². The molecule has 1 aromatic carbocycles. The summed E-state index contributed by atoms with van der Waals surface area (Å²) in [5.41, 5.74) is 1.17. The highest BCUT2D eigenvalue weighted by molar-refractivity contribution is 5.79. The van der Waals surface area contributed by atoms with Gasteiger partial charge in [0.25, 0.3) is 0 Å². The van der Waals surface area contributed by atoms with Gasteiger partial charge in [-0.2, -0.15) is 0 Å². The van der Waals surface area contributed by atoms with Crippen molar-refractivity contribution in [3.05, 3.63) is 29.8 Å². The highest BCUT2D eigenvalue weighted by atomic mass is 16.5. The molecular weight excluding hydrogens is 276 g/mol. The van der Waals surface area contributed by atoms with Gasteiger partial charge in [-0.15, -0.1) is 0 Å². The van der Waals surface area contributed by atoms with E-state index < -0.39 is 0 Å². The minimum atomic E-state index is 0.503. The third kappa shape index (κ3) is 4.91. The van der Waals surface area contributed by atoms with E-state index in [0.29, 0.717) is 6.04 Å². The van der Waals surface area contributed by atoms with Gasteiger partial charge in [0.05, 0.1) is 7.11 Å². The predicted octanol–water partition coefficient (Wildman–Crippen LogP) is 1.84. The van der Waals surface area contributed by atoms with E-state index in [-0.39, 0.29) is 0 Å². The molecule has 2 rings (SSSR count). The van der Waals surface area contributed by atoms with E-state index >= 15 is 0 Å². The molecule has 1 aliphatic carbocycles. The van der Waals surface area contributed by atoms with Crippen LogP contribution in [0, 0.1) is 0 Å². The molecule has 22 heavy (non-hydrogen) atoms. The van der Waals surface area contributed by atoms with Crippen LogP contribution < -0.4 is 15.4 Å². The van der Waals surface area contributed by atoms with Gasteiger partial charge in [0.1, 0.15) is 5.75 Å². The van der Waals surface area contributed by atoms with Crippen molar-refractivity contribution in [3.63, 3.8) is 0 Å². The van der Waals surface area contributed by atoms with Crippen molar-refractivity contribution in [2.45, 2.75) is 38.4 Å². The summed E-state index contributed by atoms with van der Waals surface area (Å²) in [5, 5.41) is 6.74. The fraction of sp³-hybridized carbons (Fsp3) is 0.588. The van der Waals surface area contributed by atoms with Crippen LogP contribution in [0.4, 0.5) is 0 Å². The molecule has 122 valence electrons. The Labute approximate surface area is 133 Å². The van der Waals surface area contributed by atoms with Crippen LogP contribution in [0.3, 0.4) is 0 Å². The fourth-order valence-electron chi connectivity index (χ4n) is 2.42. The number of methoxy groups -OCH3 is 1. The lowest BCUT2D eigenvalue weighted by atomic mass is 10.2. The molecule has 5 heteroatoms. The molecule has 0 aromatic heterocycles. The maximum atomic E-state index is 5.24. The van der Waals surface area contributed by atoms with Crippen LogP contribution in [0.2, 0.25) is 0 Å². The van der Waals surface area contributed by atoms with Gasteiger partial charge in [0, 0.05) is 32.2 Å². The fourth-order valence-corrected chi connectivity index (χ4v) is 2.42. The molecule has 5 nitrogen and oxygen atoms in total. The average molecular weight is 304 g/mol. The van der Waals surface area contributed by atoms with Gasteiger partial charge in [-0.1, -0.05) is 12.1 Å². The Morgan fingerprint density at radius 3 is 2.82 bits per heavy atom. The second kappa shape index (κ2) is 8.03. The lowest BCUT2D eigenvalue weighted by Gasteiger charge is -2.25. The molecule has 0 heterocycles. The van der Waals surface area contributed by atoms with Crippen LogP contribution in [0.5, 0.6) is 5.75 Å². The molecule has 0 aliphatic heterocycles. The van der Waals surface area contributed by atoms with Gasteiger partial charge >= 0.3 is 0 Å². The summed E-state index contributed by atoms with van der Waals surface area (Å²) >= 11 is 0. The molecule has 2 N–H and O–H groups in total. The Morgan fingerprint density at radius 1 is 1.41 bits per heavy atom. The van der Waals surface area contributed by atoms with Crippen molar-refractivity contribution in [1.29, 1.82) is 0 Å². The number of nitrogens with one attached hydrogen (secondary N) is 2. The highest BCUT2D eigenvalue weighted by Gasteiger charge is 2.28. The molecule has 1 atom stereocenters. The molecule has 1 unspecified atom stereocenters. The minimum Gasteiger partial charge on any atom is -0.497 e. The monoisotopic (exact) mass is 304 g/mol. The van der Waals surface area contributed by atoms with Crippen LogP contribution in [-0.4, -0.2) is 50.7 Å². The van der Waals surface area contributed by atoms with Crippen LogP contribution in [0.25, 0.3) is 0 Å². The first kappa shape index (κ1) is 16.6. The van der Waals surface area contributed by atoms with Crippen LogP contribution in [0.15, 0.2) is 29.3 Å². The number of ether oxygens (including phenoxy) is 1. The quantitative estimate of drug-likeness (QED) is 0.596. The van der Waals surface area contributed by atoms with Crippen molar-refractivity contribution in [2.75, 3.05) is 27.7 Å². The summed E-state index contributed by atoms with van der Waals surface area (Å²) in [4.78, 5) is 6.73. The summed E-state index contributed by atoms with van der Waals surface area (Å²) in [6.45, 7) is 3.87. The number of nitrogens with zero attached hydrogens (tertiary/aromatic N) is 2. The van der Waals surface area contributed by atoms with Gasteiger partial charge in [-0.05, 0) is 44.5 Å². The number of aliphatic imine (C=N–C) groups is 1. The van der Waals surface area contributed by atoms with Crippen molar-refractivity contribution in [1.82, 2.24) is 15.5 Å². The molecule has 0 radical (unpaired) electrons. The number of likely N-dealkylation sites (N-methyl/N-ethyl adjacent to an activating group) is 1. The Kier molecular flexibility index (Phi) is 6.07. The van der Waals surface area contributed by atoms with Crippen LogP contribution in [0.1, 0.15) is 25.3 Å². The van der Waals surface area contributed by atoms with E-state index in [4.69, 9.17) is 4.74 Å². The third-order valence-electron chi connectivity index (χ3n) is 4.20. The third-order valence-corrected chi connectivity index (χ3v) is 4.20. The van der Waals surface area contributed by atoms with E-state index in [1.54, 1.807) is 14.2 Å². The minimum absolute atomic E-state index is 0.503. The Bertz CT molecular complexity index is 499. The van der Waals surface area contributed by atoms with Crippen molar-refractivity contribution in [2.24, 2.45) is 4.99 Å². The number of guanidine groups is 1. The highest BCUT2D eigenvalue weighted by Crippen LogP contribution is 2.26. The lowest BCUT2D eigenvalue weighted by molar-refractivity contribution is 0.247. The van der Waals surface area contributed by atoms with Gasteiger partial charge in [0.2, 0.25) is 0 Å². The smallest absolute Gasteiger partial charge is 0.191 e. The van der Waals surface area contributed by atoms with Crippen LogP contribution >= 0.6 is 0 Å². The molecular formula is C17H28N4O. The van der Waals surface area contributed by atoms with Gasteiger partial charge in [-0.25, -0.2) is 0 Å². The second-order valence-corrected chi connectivity index (χ2v) is 5.90. The normalized spacial score (nSPS) is 16.5. The molecule has 1 aliphatic rings. The zero-order chi connectivity index (χ0) is 15.9. The van der Waals surface area contributed by atoms with Crippen molar-refractivity contribution in [3.8, 4) is 5.75 Å². The van der Waals surface area contributed by atoms with Gasteiger partial charge < -0.3 is 15.4 Å². The Morgan fingerprint density at radius 2 is 2.18 bits per heavy atom. The number of hydrogen-bond acceptors (Lipinski definition) is 3. The van der Waals surface area contributed by atoms with Gasteiger partial charge in [-0.3, -0.25) is 9.89 Å². The molecule has 0 amide bonds. The average Bonchev–Trinajstić information content (AvgIpc) is 3.39. The zero-order valence-corrected chi connectivity index (χ0v) is 14.1. The predicted molar refractivity (Wildman–Crippen MR) is 91.4 cm³/mol. The number of rotatable bonds is 7. The first-order valence-corrected chi connectivity index (χ1v) is 7.93.